The highest BCUT2D eigenvalue weighted by atomic mass is 79.9. The number of hydrogen-bond donors (Lipinski definition) is 1. The lowest BCUT2D eigenvalue weighted by molar-refractivity contribution is -0.118. The molecule has 0 unspecified atom stereocenters. The number of halogens is 1. The smallest absolute Gasteiger partial charge is 0.262 e. The first-order valence-electron chi connectivity index (χ1n) is 8.52. The molecule has 0 aliphatic heterocycles. The number of nitrogens with one attached hydrogen (secondary N) is 1. The summed E-state index contributed by atoms with van der Waals surface area (Å²) >= 11 is 3.49. The minimum absolute atomic E-state index is 0.0351. The van der Waals surface area contributed by atoms with Gasteiger partial charge in [-0.05, 0) is 63.3 Å². The van der Waals surface area contributed by atoms with Crippen LogP contribution in [-0.4, -0.2) is 12.5 Å². The van der Waals surface area contributed by atoms with Crippen molar-refractivity contribution < 1.29 is 9.53 Å². The van der Waals surface area contributed by atoms with Crippen molar-refractivity contribution in [3.63, 3.8) is 0 Å². The van der Waals surface area contributed by atoms with Crippen molar-refractivity contribution in [2.45, 2.75) is 13.3 Å². The topological polar surface area (TPSA) is 38.3 Å². The standard InChI is InChI=1S/C22H20BrNO2/c1-2-16-8-13-21(20(23)14-16)24-22(25)15-26-19-11-9-18(10-12-19)17-6-4-3-5-7-17/h3-14H,2,15H2,1H3,(H,24,25). The van der Waals surface area contributed by atoms with E-state index in [1.54, 1.807) is 0 Å². The Bertz CT molecular complexity index is 876. The van der Waals surface area contributed by atoms with Crippen LogP contribution in [0.4, 0.5) is 5.69 Å². The Labute approximate surface area is 162 Å². The second kappa shape index (κ2) is 8.68. The number of hydrogen-bond acceptors (Lipinski definition) is 2. The van der Waals surface area contributed by atoms with Gasteiger partial charge in [0.05, 0.1) is 5.69 Å². The second-order valence-electron chi connectivity index (χ2n) is 5.90. The van der Waals surface area contributed by atoms with Crippen molar-refractivity contribution in [2.75, 3.05) is 11.9 Å². The number of anilines is 1. The van der Waals surface area contributed by atoms with Crippen LogP contribution in [0, 0.1) is 0 Å². The SMILES string of the molecule is CCc1ccc(NC(=O)COc2ccc(-c3ccccc3)cc2)c(Br)c1. The summed E-state index contributed by atoms with van der Waals surface area (Å²) < 4.78 is 6.46. The summed E-state index contributed by atoms with van der Waals surface area (Å²) in [4.78, 5) is 12.1. The molecule has 3 rings (SSSR count). The summed E-state index contributed by atoms with van der Waals surface area (Å²) in [5, 5.41) is 2.86. The van der Waals surface area contributed by atoms with Crippen LogP contribution in [0.25, 0.3) is 11.1 Å². The first-order chi connectivity index (χ1) is 12.7. The first kappa shape index (κ1) is 18.2. The van der Waals surface area contributed by atoms with E-state index >= 15 is 0 Å². The van der Waals surface area contributed by atoms with Gasteiger partial charge in [-0.1, -0.05) is 55.5 Å². The highest BCUT2D eigenvalue weighted by molar-refractivity contribution is 9.10. The van der Waals surface area contributed by atoms with Gasteiger partial charge in [0.1, 0.15) is 5.75 Å². The predicted molar refractivity (Wildman–Crippen MR) is 110 cm³/mol. The van der Waals surface area contributed by atoms with Crippen molar-refractivity contribution in [2.24, 2.45) is 0 Å². The van der Waals surface area contributed by atoms with Crippen LogP contribution in [0.1, 0.15) is 12.5 Å². The fourth-order valence-electron chi connectivity index (χ4n) is 2.59. The molecule has 3 aromatic rings. The van der Waals surface area contributed by atoms with Gasteiger partial charge in [-0.15, -0.1) is 0 Å². The number of benzene rings is 3. The van der Waals surface area contributed by atoms with Gasteiger partial charge in [0, 0.05) is 4.47 Å². The molecule has 3 nitrogen and oxygen atoms in total. The zero-order valence-corrected chi connectivity index (χ0v) is 16.1. The minimum Gasteiger partial charge on any atom is -0.484 e. The molecule has 0 heterocycles. The fraction of sp³-hybridized carbons (Fsp3) is 0.136. The molecule has 0 saturated heterocycles. The molecule has 1 amide bonds. The lowest BCUT2D eigenvalue weighted by atomic mass is 10.1. The average molecular weight is 410 g/mol. The number of carbonyl (C=O) groups is 1. The van der Waals surface area contributed by atoms with Crippen LogP contribution in [0.3, 0.4) is 0 Å². The molecule has 4 heteroatoms. The Morgan fingerprint density at radius 2 is 1.65 bits per heavy atom. The first-order valence-corrected chi connectivity index (χ1v) is 9.31. The van der Waals surface area contributed by atoms with Crippen molar-refractivity contribution in [3.05, 3.63) is 82.8 Å². The number of aryl methyl sites for hydroxylation is 1. The summed E-state index contributed by atoms with van der Waals surface area (Å²) in [5.74, 6) is 0.474. The maximum absolute atomic E-state index is 12.1. The maximum Gasteiger partial charge on any atom is 0.262 e. The van der Waals surface area contributed by atoms with Gasteiger partial charge < -0.3 is 10.1 Å². The Hall–Kier alpha value is -2.59. The molecule has 26 heavy (non-hydrogen) atoms. The molecule has 0 fully saturated rings. The number of amides is 1. The summed E-state index contributed by atoms with van der Waals surface area (Å²) in [6, 6.07) is 23.8. The van der Waals surface area contributed by atoms with E-state index in [2.05, 4.69) is 40.3 Å². The van der Waals surface area contributed by atoms with Crippen LogP contribution in [0.5, 0.6) is 5.75 Å². The van der Waals surface area contributed by atoms with Gasteiger partial charge in [0.25, 0.3) is 5.91 Å². The van der Waals surface area contributed by atoms with Crippen LogP contribution in [0.15, 0.2) is 77.3 Å². The third kappa shape index (κ3) is 4.73. The quantitative estimate of drug-likeness (QED) is 0.567. The van der Waals surface area contributed by atoms with Gasteiger partial charge in [-0.25, -0.2) is 0 Å². The fourth-order valence-corrected chi connectivity index (χ4v) is 3.11. The molecule has 0 aliphatic carbocycles. The summed E-state index contributed by atoms with van der Waals surface area (Å²) in [5.41, 5.74) is 4.22. The monoisotopic (exact) mass is 409 g/mol. The van der Waals surface area contributed by atoms with Crippen molar-refractivity contribution in [1.82, 2.24) is 0 Å². The summed E-state index contributed by atoms with van der Waals surface area (Å²) in [6.07, 6.45) is 0.953. The van der Waals surface area contributed by atoms with Gasteiger partial charge >= 0.3 is 0 Å². The molecule has 132 valence electrons. The Morgan fingerprint density at radius 1 is 0.962 bits per heavy atom. The molecule has 0 aliphatic rings. The highest BCUT2D eigenvalue weighted by Gasteiger charge is 2.07. The summed E-state index contributed by atoms with van der Waals surface area (Å²) in [6.45, 7) is 2.06. The van der Waals surface area contributed by atoms with Crippen molar-refractivity contribution >= 4 is 27.5 Å². The zero-order valence-electron chi connectivity index (χ0n) is 14.5. The predicted octanol–water partition coefficient (Wildman–Crippen LogP) is 5.70. The van der Waals surface area contributed by atoms with Crippen LogP contribution < -0.4 is 10.1 Å². The lowest BCUT2D eigenvalue weighted by Gasteiger charge is -2.10. The average Bonchev–Trinajstić information content (AvgIpc) is 2.69. The third-order valence-corrected chi connectivity index (χ3v) is 4.70. The van der Waals surface area contributed by atoms with E-state index in [-0.39, 0.29) is 12.5 Å². The van der Waals surface area contributed by atoms with Gasteiger partial charge in [0.15, 0.2) is 6.61 Å². The van der Waals surface area contributed by atoms with Crippen LogP contribution in [0.2, 0.25) is 0 Å². The van der Waals surface area contributed by atoms with E-state index in [0.29, 0.717) is 5.75 Å². The molecule has 0 atom stereocenters. The van der Waals surface area contributed by atoms with E-state index in [1.807, 2.05) is 60.7 Å². The Kier molecular flexibility index (Phi) is 6.08. The van der Waals surface area contributed by atoms with Crippen LogP contribution in [-0.2, 0) is 11.2 Å². The Morgan fingerprint density at radius 3 is 2.31 bits per heavy atom. The third-order valence-electron chi connectivity index (χ3n) is 4.05. The molecular weight excluding hydrogens is 390 g/mol. The molecule has 0 aromatic heterocycles. The van der Waals surface area contributed by atoms with Gasteiger partial charge in [-0.2, -0.15) is 0 Å². The van der Waals surface area contributed by atoms with E-state index in [0.717, 1.165) is 27.7 Å². The molecule has 1 N–H and O–H groups in total. The van der Waals surface area contributed by atoms with E-state index in [9.17, 15) is 4.79 Å². The second-order valence-corrected chi connectivity index (χ2v) is 6.75. The normalized spacial score (nSPS) is 10.4. The van der Waals surface area contributed by atoms with Gasteiger partial charge in [0.2, 0.25) is 0 Å². The molecule has 0 spiro atoms. The number of rotatable bonds is 6. The highest BCUT2D eigenvalue weighted by Crippen LogP contribution is 2.24. The molecule has 0 radical (unpaired) electrons. The van der Waals surface area contributed by atoms with Gasteiger partial charge in [-0.3, -0.25) is 4.79 Å². The van der Waals surface area contributed by atoms with E-state index in [4.69, 9.17) is 4.74 Å². The van der Waals surface area contributed by atoms with Crippen molar-refractivity contribution in [1.29, 1.82) is 0 Å². The largest absolute Gasteiger partial charge is 0.484 e. The maximum atomic E-state index is 12.1. The number of carbonyl (C=O) groups excluding carboxylic acids is 1. The number of ether oxygens (including phenoxy) is 1. The molecule has 3 aromatic carbocycles. The van der Waals surface area contributed by atoms with Crippen molar-refractivity contribution in [3.8, 4) is 16.9 Å². The Balaban J connectivity index is 1.56. The van der Waals surface area contributed by atoms with E-state index in [1.165, 1.54) is 5.56 Å². The molecule has 0 bridgehead atoms. The minimum atomic E-state index is -0.193. The summed E-state index contributed by atoms with van der Waals surface area (Å²) in [7, 11) is 0. The molecule has 0 saturated carbocycles. The zero-order chi connectivity index (χ0) is 18.4. The molecular formula is C22H20BrNO2. The van der Waals surface area contributed by atoms with Crippen LogP contribution >= 0.6 is 15.9 Å². The lowest BCUT2D eigenvalue weighted by Crippen LogP contribution is -2.20. The van der Waals surface area contributed by atoms with E-state index < -0.39 is 0 Å².